The summed E-state index contributed by atoms with van der Waals surface area (Å²) in [5, 5.41) is 8.77. The molecule has 1 unspecified atom stereocenters. The highest BCUT2D eigenvalue weighted by Crippen LogP contribution is 2.16. The summed E-state index contributed by atoms with van der Waals surface area (Å²) in [5.41, 5.74) is 10.6. The molecule has 98 valence electrons. The van der Waals surface area contributed by atoms with E-state index in [1.165, 1.54) is 11.3 Å². The van der Waals surface area contributed by atoms with E-state index in [0.717, 1.165) is 24.2 Å². The molecule has 2 heterocycles. The van der Waals surface area contributed by atoms with E-state index in [0.29, 0.717) is 0 Å². The van der Waals surface area contributed by atoms with Gasteiger partial charge < -0.3 is 5.73 Å². The first kappa shape index (κ1) is 12.8. The molecule has 0 aliphatic rings. The fourth-order valence-electron chi connectivity index (χ4n) is 2.23. The second-order valence-corrected chi connectivity index (χ2v) is 5.01. The molecule has 2 N–H and O–H groups in total. The largest absolute Gasteiger partial charge is 0.328 e. The van der Waals surface area contributed by atoms with Crippen LogP contribution in [0.3, 0.4) is 0 Å². The van der Waals surface area contributed by atoms with Crippen LogP contribution in [0.15, 0.2) is 12.4 Å². The van der Waals surface area contributed by atoms with Crippen molar-refractivity contribution in [2.75, 3.05) is 0 Å². The maximum absolute atomic E-state index is 5.88. The van der Waals surface area contributed by atoms with Crippen LogP contribution >= 0.6 is 0 Å². The third kappa shape index (κ3) is 2.61. The van der Waals surface area contributed by atoms with Gasteiger partial charge in [-0.2, -0.15) is 10.2 Å². The fourth-order valence-corrected chi connectivity index (χ4v) is 2.23. The van der Waals surface area contributed by atoms with Crippen molar-refractivity contribution in [1.29, 1.82) is 0 Å². The lowest BCUT2D eigenvalue weighted by Gasteiger charge is -2.06. The lowest BCUT2D eigenvalue weighted by molar-refractivity contribution is 0.655. The van der Waals surface area contributed by atoms with Gasteiger partial charge in [0, 0.05) is 30.5 Å². The lowest BCUT2D eigenvalue weighted by atomic mass is 10.1. The molecule has 0 spiro atoms. The Morgan fingerprint density at radius 1 is 1.39 bits per heavy atom. The smallest absolute Gasteiger partial charge is 0.0693 e. The van der Waals surface area contributed by atoms with Crippen LogP contribution in [0.1, 0.15) is 29.4 Å². The minimum Gasteiger partial charge on any atom is -0.328 e. The zero-order valence-electron chi connectivity index (χ0n) is 11.5. The van der Waals surface area contributed by atoms with E-state index in [2.05, 4.69) is 17.1 Å². The van der Waals surface area contributed by atoms with Gasteiger partial charge >= 0.3 is 0 Å². The molecule has 0 fully saturated rings. The molecule has 0 amide bonds. The van der Waals surface area contributed by atoms with Gasteiger partial charge in [0.2, 0.25) is 0 Å². The van der Waals surface area contributed by atoms with Crippen molar-refractivity contribution in [3.05, 3.63) is 34.9 Å². The molecule has 2 rings (SSSR count). The summed E-state index contributed by atoms with van der Waals surface area (Å²) in [6.45, 7) is 6.94. The lowest BCUT2D eigenvalue weighted by Crippen LogP contribution is -2.18. The molecule has 2 aromatic rings. The van der Waals surface area contributed by atoms with Crippen LogP contribution in [0.25, 0.3) is 0 Å². The van der Waals surface area contributed by atoms with Gasteiger partial charge in [-0.15, -0.1) is 0 Å². The van der Waals surface area contributed by atoms with Crippen molar-refractivity contribution in [2.45, 2.75) is 39.8 Å². The van der Waals surface area contributed by atoms with Crippen molar-refractivity contribution >= 4 is 0 Å². The Hall–Kier alpha value is -1.62. The molecule has 0 aliphatic carbocycles. The third-order valence-electron chi connectivity index (χ3n) is 3.15. The Kier molecular flexibility index (Phi) is 3.52. The van der Waals surface area contributed by atoms with Crippen molar-refractivity contribution in [3.8, 4) is 0 Å². The van der Waals surface area contributed by atoms with Gasteiger partial charge in [0.1, 0.15) is 0 Å². The van der Waals surface area contributed by atoms with E-state index in [9.17, 15) is 0 Å². The van der Waals surface area contributed by atoms with E-state index < -0.39 is 0 Å². The molecule has 5 heteroatoms. The first-order chi connectivity index (χ1) is 8.47. The quantitative estimate of drug-likeness (QED) is 0.882. The van der Waals surface area contributed by atoms with Crippen LogP contribution in [0.2, 0.25) is 0 Å². The standard InChI is InChI=1S/C13H21N5/c1-9(14)5-13-10(2)16-18(11(13)3)8-12-6-15-17(4)7-12/h6-7,9H,5,8,14H2,1-4H3. The van der Waals surface area contributed by atoms with Gasteiger partial charge in [-0.25, -0.2) is 0 Å². The summed E-state index contributed by atoms with van der Waals surface area (Å²) in [7, 11) is 1.92. The van der Waals surface area contributed by atoms with E-state index in [-0.39, 0.29) is 6.04 Å². The summed E-state index contributed by atoms with van der Waals surface area (Å²) in [4.78, 5) is 0. The minimum absolute atomic E-state index is 0.165. The molecule has 2 aromatic heterocycles. The third-order valence-corrected chi connectivity index (χ3v) is 3.15. The average Bonchev–Trinajstić information content (AvgIpc) is 2.78. The number of nitrogens with zero attached hydrogens (tertiary/aromatic N) is 4. The molecule has 0 saturated heterocycles. The zero-order valence-corrected chi connectivity index (χ0v) is 11.5. The first-order valence-electron chi connectivity index (χ1n) is 6.23. The predicted molar refractivity (Wildman–Crippen MR) is 71.4 cm³/mol. The molecule has 0 bridgehead atoms. The molecule has 18 heavy (non-hydrogen) atoms. The van der Waals surface area contributed by atoms with E-state index in [1.54, 1.807) is 0 Å². The summed E-state index contributed by atoms with van der Waals surface area (Å²) in [6, 6.07) is 0.165. The predicted octanol–water partition coefficient (Wildman–Crippen LogP) is 1.17. The molecule has 0 aromatic carbocycles. The summed E-state index contributed by atoms with van der Waals surface area (Å²) in [5.74, 6) is 0. The molecule has 0 aliphatic heterocycles. The van der Waals surface area contributed by atoms with Crippen molar-refractivity contribution in [3.63, 3.8) is 0 Å². The number of rotatable bonds is 4. The maximum atomic E-state index is 5.88. The Balaban J connectivity index is 2.24. The highest BCUT2D eigenvalue weighted by Gasteiger charge is 2.13. The number of aromatic nitrogens is 4. The van der Waals surface area contributed by atoms with E-state index in [1.807, 2.05) is 42.7 Å². The number of aryl methyl sites for hydroxylation is 2. The SMILES string of the molecule is Cc1nn(Cc2cnn(C)c2)c(C)c1CC(C)N. The molecule has 1 atom stereocenters. The molecule has 0 radical (unpaired) electrons. The summed E-state index contributed by atoms with van der Waals surface area (Å²) < 4.78 is 3.84. The van der Waals surface area contributed by atoms with Gasteiger partial charge in [-0.1, -0.05) is 0 Å². The first-order valence-corrected chi connectivity index (χ1v) is 6.23. The van der Waals surface area contributed by atoms with Crippen LogP contribution in [-0.2, 0) is 20.0 Å². The number of hydrogen-bond donors (Lipinski definition) is 1. The van der Waals surface area contributed by atoms with Crippen LogP contribution in [-0.4, -0.2) is 25.6 Å². The normalized spacial score (nSPS) is 12.9. The van der Waals surface area contributed by atoms with Gasteiger partial charge in [-0.3, -0.25) is 9.36 Å². The Morgan fingerprint density at radius 3 is 2.67 bits per heavy atom. The Morgan fingerprint density at radius 2 is 2.11 bits per heavy atom. The molecular formula is C13H21N5. The average molecular weight is 247 g/mol. The maximum Gasteiger partial charge on any atom is 0.0693 e. The second kappa shape index (κ2) is 4.94. The van der Waals surface area contributed by atoms with Gasteiger partial charge in [0.25, 0.3) is 0 Å². The van der Waals surface area contributed by atoms with Gasteiger partial charge in [-0.05, 0) is 32.8 Å². The van der Waals surface area contributed by atoms with E-state index >= 15 is 0 Å². The summed E-state index contributed by atoms with van der Waals surface area (Å²) in [6.07, 6.45) is 4.77. The van der Waals surface area contributed by atoms with Crippen LogP contribution in [0, 0.1) is 13.8 Å². The Bertz CT molecular complexity index is 536. The van der Waals surface area contributed by atoms with Crippen molar-refractivity contribution < 1.29 is 0 Å². The molecular weight excluding hydrogens is 226 g/mol. The van der Waals surface area contributed by atoms with Crippen LogP contribution < -0.4 is 5.73 Å². The highest BCUT2D eigenvalue weighted by atomic mass is 15.3. The zero-order chi connectivity index (χ0) is 13.3. The second-order valence-electron chi connectivity index (χ2n) is 5.01. The Labute approximate surface area is 108 Å². The number of nitrogens with two attached hydrogens (primary N) is 1. The van der Waals surface area contributed by atoms with Gasteiger partial charge in [0.05, 0.1) is 18.4 Å². The highest BCUT2D eigenvalue weighted by molar-refractivity contribution is 5.26. The van der Waals surface area contributed by atoms with E-state index in [4.69, 9.17) is 5.73 Å². The summed E-state index contributed by atoms with van der Waals surface area (Å²) >= 11 is 0. The number of hydrogen-bond acceptors (Lipinski definition) is 3. The monoisotopic (exact) mass is 247 g/mol. The fraction of sp³-hybridized carbons (Fsp3) is 0.538. The van der Waals surface area contributed by atoms with Gasteiger partial charge in [0.15, 0.2) is 0 Å². The van der Waals surface area contributed by atoms with Crippen LogP contribution in [0.4, 0.5) is 0 Å². The molecule has 5 nitrogen and oxygen atoms in total. The van der Waals surface area contributed by atoms with Crippen molar-refractivity contribution in [2.24, 2.45) is 12.8 Å². The van der Waals surface area contributed by atoms with Crippen LogP contribution in [0.5, 0.6) is 0 Å². The molecule has 0 saturated carbocycles. The van der Waals surface area contributed by atoms with Crippen molar-refractivity contribution in [1.82, 2.24) is 19.6 Å². The minimum atomic E-state index is 0.165. The topological polar surface area (TPSA) is 61.7 Å².